The first-order valence-corrected chi connectivity index (χ1v) is 5.24. The lowest BCUT2D eigenvalue weighted by Gasteiger charge is -1.99. The largest absolute Gasteiger partial charge is 0.347 e. The molecule has 1 amide bonds. The molecule has 0 aromatic carbocycles. The highest BCUT2D eigenvalue weighted by atomic mass is 79.9. The van der Waals surface area contributed by atoms with Crippen molar-refractivity contribution >= 4 is 33.2 Å². The maximum atomic E-state index is 11.4. The molecule has 70 valence electrons. The standard InChI is InChI=1S/C8H9BrN2OS/c1-5(9)3-11-8(12)7-4-10-6(2)13-7/h4H,1,3H2,2H3,(H,11,12). The normalized spacial score (nSPS) is 9.69. The number of nitrogens with zero attached hydrogens (tertiary/aromatic N) is 1. The van der Waals surface area contributed by atoms with Crippen molar-refractivity contribution in [2.75, 3.05) is 6.54 Å². The van der Waals surface area contributed by atoms with Crippen LogP contribution >= 0.6 is 27.3 Å². The third kappa shape index (κ3) is 3.28. The summed E-state index contributed by atoms with van der Waals surface area (Å²) < 4.78 is 0.752. The summed E-state index contributed by atoms with van der Waals surface area (Å²) >= 11 is 4.54. The van der Waals surface area contributed by atoms with Crippen LogP contribution in [0, 0.1) is 6.92 Å². The Kier molecular flexibility index (Phi) is 3.62. The monoisotopic (exact) mass is 260 g/mol. The van der Waals surface area contributed by atoms with E-state index in [4.69, 9.17) is 0 Å². The van der Waals surface area contributed by atoms with E-state index in [1.807, 2.05) is 6.92 Å². The molecule has 0 aliphatic rings. The van der Waals surface area contributed by atoms with Crippen LogP contribution in [0.4, 0.5) is 0 Å². The summed E-state index contributed by atoms with van der Waals surface area (Å²) in [6.07, 6.45) is 1.58. The number of aromatic nitrogens is 1. The fourth-order valence-corrected chi connectivity index (χ4v) is 1.56. The average Bonchev–Trinajstić information content (AvgIpc) is 2.47. The first-order chi connectivity index (χ1) is 6.09. The summed E-state index contributed by atoms with van der Waals surface area (Å²) in [6.45, 7) is 5.92. The van der Waals surface area contributed by atoms with E-state index in [9.17, 15) is 4.79 Å². The molecule has 0 saturated heterocycles. The lowest BCUT2D eigenvalue weighted by atomic mass is 10.5. The van der Waals surface area contributed by atoms with Crippen LogP contribution in [0.1, 0.15) is 14.7 Å². The van der Waals surface area contributed by atoms with E-state index in [1.54, 1.807) is 6.20 Å². The predicted molar refractivity (Wildman–Crippen MR) is 57.3 cm³/mol. The molecule has 0 aliphatic carbocycles. The van der Waals surface area contributed by atoms with Crippen molar-refractivity contribution in [1.29, 1.82) is 0 Å². The molecule has 0 radical (unpaired) electrons. The number of thiazole rings is 1. The Labute approximate surface area is 89.0 Å². The second-order valence-electron chi connectivity index (χ2n) is 2.44. The fourth-order valence-electron chi connectivity index (χ4n) is 0.730. The Bertz CT molecular complexity index is 335. The number of carbonyl (C=O) groups excluding carboxylic acids is 1. The minimum atomic E-state index is -0.105. The minimum absolute atomic E-state index is 0.105. The van der Waals surface area contributed by atoms with Crippen LogP contribution < -0.4 is 5.32 Å². The maximum absolute atomic E-state index is 11.4. The van der Waals surface area contributed by atoms with Gasteiger partial charge in [-0.25, -0.2) is 4.98 Å². The van der Waals surface area contributed by atoms with Crippen LogP contribution in [-0.2, 0) is 0 Å². The van der Waals surface area contributed by atoms with E-state index in [2.05, 4.69) is 32.8 Å². The molecular weight excluding hydrogens is 252 g/mol. The molecule has 0 aliphatic heterocycles. The Morgan fingerprint density at radius 1 is 1.85 bits per heavy atom. The van der Waals surface area contributed by atoms with Gasteiger partial charge in [0.25, 0.3) is 5.91 Å². The lowest BCUT2D eigenvalue weighted by Crippen LogP contribution is -2.23. The SMILES string of the molecule is C=C(Br)CNC(=O)c1cnc(C)s1. The van der Waals surface area contributed by atoms with Crippen molar-refractivity contribution in [1.82, 2.24) is 10.3 Å². The van der Waals surface area contributed by atoms with Crippen LogP contribution in [0.3, 0.4) is 0 Å². The summed E-state index contributed by atoms with van der Waals surface area (Å²) in [6, 6.07) is 0. The number of amides is 1. The summed E-state index contributed by atoms with van der Waals surface area (Å²) in [5, 5.41) is 3.59. The van der Waals surface area contributed by atoms with Crippen molar-refractivity contribution in [3.8, 4) is 0 Å². The zero-order chi connectivity index (χ0) is 9.84. The second-order valence-corrected chi connectivity index (χ2v) is 4.80. The molecule has 1 aromatic heterocycles. The van der Waals surface area contributed by atoms with Gasteiger partial charge >= 0.3 is 0 Å². The summed E-state index contributed by atoms with van der Waals surface area (Å²) in [4.78, 5) is 16.0. The molecule has 13 heavy (non-hydrogen) atoms. The van der Waals surface area contributed by atoms with E-state index in [0.29, 0.717) is 11.4 Å². The molecule has 1 rings (SSSR count). The molecule has 1 aromatic rings. The highest BCUT2D eigenvalue weighted by molar-refractivity contribution is 9.11. The zero-order valence-electron chi connectivity index (χ0n) is 7.13. The number of rotatable bonds is 3. The van der Waals surface area contributed by atoms with Gasteiger partial charge in [-0.15, -0.1) is 11.3 Å². The number of nitrogens with one attached hydrogen (secondary N) is 1. The Morgan fingerprint density at radius 3 is 3.00 bits per heavy atom. The maximum Gasteiger partial charge on any atom is 0.263 e. The molecule has 0 unspecified atom stereocenters. The van der Waals surface area contributed by atoms with E-state index in [0.717, 1.165) is 9.49 Å². The molecule has 0 bridgehead atoms. The highest BCUT2D eigenvalue weighted by Gasteiger charge is 2.07. The smallest absolute Gasteiger partial charge is 0.263 e. The lowest BCUT2D eigenvalue weighted by molar-refractivity contribution is 0.0961. The number of hydrogen-bond acceptors (Lipinski definition) is 3. The van der Waals surface area contributed by atoms with Gasteiger partial charge in [0, 0.05) is 11.0 Å². The number of halogens is 1. The van der Waals surface area contributed by atoms with Gasteiger partial charge in [0.2, 0.25) is 0 Å². The van der Waals surface area contributed by atoms with Crippen LogP contribution in [0.2, 0.25) is 0 Å². The van der Waals surface area contributed by atoms with Gasteiger partial charge in [0.05, 0.1) is 11.2 Å². The predicted octanol–water partition coefficient (Wildman–Crippen LogP) is 2.09. The fraction of sp³-hybridized carbons (Fsp3) is 0.250. The number of hydrogen-bond donors (Lipinski definition) is 1. The number of aryl methyl sites for hydroxylation is 1. The van der Waals surface area contributed by atoms with E-state index in [1.165, 1.54) is 11.3 Å². The molecule has 1 N–H and O–H groups in total. The summed E-state index contributed by atoms with van der Waals surface area (Å²) in [5.74, 6) is -0.105. The minimum Gasteiger partial charge on any atom is -0.347 e. The highest BCUT2D eigenvalue weighted by Crippen LogP contribution is 2.11. The second kappa shape index (κ2) is 4.53. The van der Waals surface area contributed by atoms with Crippen molar-refractivity contribution < 1.29 is 4.79 Å². The van der Waals surface area contributed by atoms with Crippen LogP contribution in [0.5, 0.6) is 0 Å². The summed E-state index contributed by atoms with van der Waals surface area (Å²) in [5.41, 5.74) is 0. The molecule has 0 spiro atoms. The van der Waals surface area contributed by atoms with E-state index < -0.39 is 0 Å². The van der Waals surface area contributed by atoms with Crippen LogP contribution in [0.15, 0.2) is 17.3 Å². The van der Waals surface area contributed by atoms with Crippen LogP contribution in [-0.4, -0.2) is 17.4 Å². The molecule has 0 atom stereocenters. The molecular formula is C8H9BrN2OS. The topological polar surface area (TPSA) is 42.0 Å². The van der Waals surface area contributed by atoms with Crippen molar-refractivity contribution in [3.63, 3.8) is 0 Å². The Hall–Kier alpha value is -0.680. The molecule has 1 heterocycles. The quantitative estimate of drug-likeness (QED) is 0.905. The van der Waals surface area contributed by atoms with Gasteiger partial charge in [0.15, 0.2) is 0 Å². The summed E-state index contributed by atoms with van der Waals surface area (Å²) in [7, 11) is 0. The third-order valence-corrected chi connectivity index (χ3v) is 2.48. The molecule has 5 heteroatoms. The first kappa shape index (κ1) is 10.4. The van der Waals surface area contributed by atoms with E-state index >= 15 is 0 Å². The van der Waals surface area contributed by atoms with Gasteiger partial charge in [-0.1, -0.05) is 22.5 Å². The first-order valence-electron chi connectivity index (χ1n) is 3.63. The van der Waals surface area contributed by atoms with Crippen LogP contribution in [0.25, 0.3) is 0 Å². The number of carbonyl (C=O) groups is 1. The van der Waals surface area contributed by atoms with Gasteiger partial charge < -0.3 is 5.32 Å². The van der Waals surface area contributed by atoms with Crippen molar-refractivity contribution in [3.05, 3.63) is 27.1 Å². The third-order valence-electron chi connectivity index (χ3n) is 1.29. The van der Waals surface area contributed by atoms with E-state index in [-0.39, 0.29) is 5.91 Å². The van der Waals surface area contributed by atoms with Gasteiger partial charge in [0.1, 0.15) is 4.88 Å². The zero-order valence-corrected chi connectivity index (χ0v) is 9.54. The average molecular weight is 261 g/mol. The van der Waals surface area contributed by atoms with Crippen molar-refractivity contribution in [2.45, 2.75) is 6.92 Å². The van der Waals surface area contributed by atoms with Gasteiger partial charge in [-0.3, -0.25) is 4.79 Å². The van der Waals surface area contributed by atoms with Gasteiger partial charge in [-0.05, 0) is 6.92 Å². The molecule has 0 fully saturated rings. The van der Waals surface area contributed by atoms with Crippen molar-refractivity contribution in [2.24, 2.45) is 0 Å². The van der Waals surface area contributed by atoms with Gasteiger partial charge in [-0.2, -0.15) is 0 Å². The molecule has 0 saturated carbocycles. The Balaban J connectivity index is 2.54. The molecule has 3 nitrogen and oxygen atoms in total. The Morgan fingerprint density at radius 2 is 2.54 bits per heavy atom.